The summed E-state index contributed by atoms with van der Waals surface area (Å²) < 4.78 is 5.06. The molecule has 1 rings (SSSR count). The lowest BCUT2D eigenvalue weighted by atomic mass is 10.5. The Labute approximate surface area is 69.8 Å². The summed E-state index contributed by atoms with van der Waals surface area (Å²) in [6, 6.07) is 0. The zero-order valence-electron chi connectivity index (χ0n) is 6.81. The molecule has 2 nitrogen and oxygen atoms in total. The summed E-state index contributed by atoms with van der Waals surface area (Å²) in [4.78, 5) is 3.50. The quantitative estimate of drug-likeness (QED) is 0.524. The topological polar surface area (TPSA) is 24.6 Å². The molecule has 0 bridgehead atoms. The molecular formula is C6H16ClNOSi. The molecular weight excluding hydrogens is 166 g/mol. The van der Waals surface area contributed by atoms with Gasteiger partial charge in [-0.15, -0.1) is 12.4 Å². The Kier molecular flexibility index (Phi) is 3.87. The Morgan fingerprint density at radius 1 is 1.50 bits per heavy atom. The molecule has 0 amide bonds. The van der Waals surface area contributed by atoms with E-state index in [0.29, 0.717) is 6.10 Å². The number of hydrogen-bond donors (Lipinski definition) is 1. The lowest BCUT2D eigenvalue weighted by molar-refractivity contribution is 0.407. The van der Waals surface area contributed by atoms with Crippen LogP contribution in [0.3, 0.4) is 0 Å². The normalized spacial score (nSPS) is 23.7. The molecule has 10 heavy (non-hydrogen) atoms. The fraction of sp³-hybridized carbons (Fsp3) is 1.00. The van der Waals surface area contributed by atoms with Gasteiger partial charge in [-0.3, -0.25) is 0 Å². The van der Waals surface area contributed by atoms with E-state index in [9.17, 15) is 0 Å². The molecule has 1 N–H and O–H groups in total. The molecule has 1 aliphatic heterocycles. The fourth-order valence-corrected chi connectivity index (χ4v) is 1.45. The Balaban J connectivity index is 0.000000810. The van der Waals surface area contributed by atoms with Crippen molar-refractivity contribution < 1.29 is 4.74 Å². The highest BCUT2D eigenvalue weighted by atomic mass is 35.5. The van der Waals surface area contributed by atoms with Crippen LogP contribution >= 0.6 is 12.4 Å². The Hall–Kier alpha value is 0.427. The lowest BCUT2D eigenvalue weighted by Gasteiger charge is -2.16. The van der Waals surface area contributed by atoms with Gasteiger partial charge >= 0.3 is 0 Å². The van der Waals surface area contributed by atoms with Gasteiger partial charge in [0, 0.05) is 6.54 Å². The van der Waals surface area contributed by atoms with Crippen LogP contribution in [0.2, 0.25) is 19.6 Å². The van der Waals surface area contributed by atoms with Crippen LogP contribution in [0.15, 0.2) is 0 Å². The van der Waals surface area contributed by atoms with Gasteiger partial charge in [0.05, 0.1) is 12.7 Å². The zero-order chi connectivity index (χ0) is 6.91. The molecule has 0 aromatic heterocycles. The molecule has 1 aliphatic rings. The first-order valence-corrected chi connectivity index (χ1v) is 6.94. The van der Waals surface area contributed by atoms with Crippen LogP contribution in [-0.2, 0) is 4.74 Å². The average molecular weight is 182 g/mol. The van der Waals surface area contributed by atoms with Crippen LogP contribution in [0, 0.1) is 0 Å². The third kappa shape index (κ3) is 5.23. The van der Waals surface area contributed by atoms with Crippen molar-refractivity contribution in [1.29, 1.82) is 0 Å². The number of epoxide rings is 1. The van der Waals surface area contributed by atoms with E-state index in [2.05, 4.69) is 24.6 Å². The monoisotopic (exact) mass is 181 g/mol. The number of ether oxygens (including phenoxy) is 1. The molecule has 1 unspecified atom stereocenters. The molecule has 0 radical (unpaired) electrons. The van der Waals surface area contributed by atoms with E-state index in [-0.39, 0.29) is 12.4 Å². The molecule has 0 saturated carbocycles. The summed E-state index contributed by atoms with van der Waals surface area (Å²) in [5, 5.41) is 0. The van der Waals surface area contributed by atoms with Gasteiger partial charge in [0.2, 0.25) is 0 Å². The lowest BCUT2D eigenvalue weighted by Crippen LogP contribution is -2.43. The van der Waals surface area contributed by atoms with E-state index in [1.807, 2.05) is 0 Å². The summed E-state index contributed by atoms with van der Waals surface area (Å²) in [5.74, 6) is 0. The minimum absolute atomic E-state index is 0. The second-order valence-corrected chi connectivity index (χ2v) is 8.44. The van der Waals surface area contributed by atoms with Crippen molar-refractivity contribution >= 4 is 20.6 Å². The molecule has 62 valence electrons. The van der Waals surface area contributed by atoms with Crippen molar-refractivity contribution in [2.45, 2.75) is 25.7 Å². The summed E-state index contributed by atoms with van der Waals surface area (Å²) >= 11 is 0. The summed E-state index contributed by atoms with van der Waals surface area (Å²) in [5.41, 5.74) is 0. The van der Waals surface area contributed by atoms with E-state index < -0.39 is 8.24 Å². The van der Waals surface area contributed by atoms with Crippen LogP contribution in [0.4, 0.5) is 0 Å². The number of halogens is 1. The van der Waals surface area contributed by atoms with Gasteiger partial charge in [-0.05, 0) is 0 Å². The van der Waals surface area contributed by atoms with Gasteiger partial charge < -0.3 is 9.72 Å². The SMILES string of the molecule is C[Si](C)(C)NCC1CO1.Cl. The molecule has 4 heteroatoms. The highest BCUT2D eigenvalue weighted by Gasteiger charge is 2.24. The maximum absolute atomic E-state index is 5.06. The molecule has 1 fully saturated rings. The van der Waals surface area contributed by atoms with Crippen molar-refractivity contribution in [2.24, 2.45) is 0 Å². The maximum Gasteiger partial charge on any atom is 0.116 e. The van der Waals surface area contributed by atoms with Crippen LogP contribution in [0.5, 0.6) is 0 Å². The predicted molar refractivity (Wildman–Crippen MR) is 48.3 cm³/mol. The minimum Gasteiger partial charge on any atom is -0.372 e. The average Bonchev–Trinajstić information content (AvgIpc) is 2.38. The number of rotatable bonds is 3. The zero-order valence-corrected chi connectivity index (χ0v) is 8.62. The first-order valence-electron chi connectivity index (χ1n) is 3.44. The Morgan fingerprint density at radius 2 is 2.00 bits per heavy atom. The predicted octanol–water partition coefficient (Wildman–Crippen LogP) is 1.23. The third-order valence-corrected chi connectivity index (χ3v) is 2.53. The van der Waals surface area contributed by atoms with E-state index in [4.69, 9.17) is 4.74 Å². The van der Waals surface area contributed by atoms with E-state index in [0.717, 1.165) is 13.2 Å². The van der Waals surface area contributed by atoms with Crippen LogP contribution < -0.4 is 4.98 Å². The van der Waals surface area contributed by atoms with E-state index >= 15 is 0 Å². The summed E-state index contributed by atoms with van der Waals surface area (Å²) in [6.07, 6.45) is 0.539. The maximum atomic E-state index is 5.06. The molecule has 0 aromatic rings. The van der Waals surface area contributed by atoms with Crippen molar-refractivity contribution in [1.82, 2.24) is 4.98 Å². The van der Waals surface area contributed by atoms with Crippen molar-refractivity contribution in [3.8, 4) is 0 Å². The molecule has 1 heterocycles. The van der Waals surface area contributed by atoms with Gasteiger partial charge in [-0.25, -0.2) is 0 Å². The highest BCUT2D eigenvalue weighted by molar-refractivity contribution is 6.73. The molecule has 1 saturated heterocycles. The van der Waals surface area contributed by atoms with Crippen molar-refractivity contribution in [3.63, 3.8) is 0 Å². The minimum atomic E-state index is -1.01. The van der Waals surface area contributed by atoms with Gasteiger partial charge in [0.15, 0.2) is 0 Å². The smallest absolute Gasteiger partial charge is 0.116 e. The number of hydrogen-bond acceptors (Lipinski definition) is 2. The van der Waals surface area contributed by atoms with Crippen molar-refractivity contribution in [2.75, 3.05) is 13.2 Å². The van der Waals surface area contributed by atoms with Gasteiger partial charge in [0.1, 0.15) is 8.24 Å². The largest absolute Gasteiger partial charge is 0.372 e. The Morgan fingerprint density at radius 3 is 2.30 bits per heavy atom. The number of nitrogens with one attached hydrogen (secondary N) is 1. The van der Waals surface area contributed by atoms with Gasteiger partial charge in [0.25, 0.3) is 0 Å². The van der Waals surface area contributed by atoms with E-state index in [1.54, 1.807) is 0 Å². The highest BCUT2D eigenvalue weighted by Crippen LogP contribution is 2.07. The van der Waals surface area contributed by atoms with Gasteiger partial charge in [-0.2, -0.15) is 0 Å². The standard InChI is InChI=1S/C6H15NOSi.ClH/c1-9(2,3)7-4-6-5-8-6;/h6-7H,4-5H2,1-3H3;1H. The first-order chi connectivity index (χ1) is 4.08. The van der Waals surface area contributed by atoms with Crippen molar-refractivity contribution in [3.05, 3.63) is 0 Å². The molecule has 1 atom stereocenters. The summed E-state index contributed by atoms with van der Waals surface area (Å²) in [7, 11) is -1.01. The van der Waals surface area contributed by atoms with E-state index in [1.165, 1.54) is 0 Å². The molecule has 0 aromatic carbocycles. The summed E-state index contributed by atoms with van der Waals surface area (Å²) in [6.45, 7) is 8.94. The second-order valence-electron chi connectivity index (χ2n) is 3.59. The second kappa shape index (κ2) is 3.71. The first kappa shape index (κ1) is 10.4. The van der Waals surface area contributed by atoms with Crippen LogP contribution in [0.1, 0.15) is 0 Å². The fourth-order valence-electron chi connectivity index (χ4n) is 0.606. The van der Waals surface area contributed by atoms with Gasteiger partial charge in [-0.1, -0.05) is 19.6 Å². The van der Waals surface area contributed by atoms with Crippen LogP contribution in [0.25, 0.3) is 0 Å². The Bertz CT molecular complexity index is 100. The molecule has 0 aliphatic carbocycles. The van der Waals surface area contributed by atoms with Crippen LogP contribution in [-0.4, -0.2) is 27.5 Å². The third-order valence-electron chi connectivity index (χ3n) is 1.26. The molecule has 0 spiro atoms.